The molecule has 1 aliphatic rings. The molecular weight excluding hydrogens is 244 g/mol. The van der Waals surface area contributed by atoms with Crippen LogP contribution in [0.15, 0.2) is 24.3 Å². The number of anilines is 1. The summed E-state index contributed by atoms with van der Waals surface area (Å²) in [4.78, 5) is 2.65. The molecule has 2 nitrogen and oxygen atoms in total. The Bertz CT molecular complexity index is 377. The van der Waals surface area contributed by atoms with Crippen LogP contribution in [-0.2, 0) is 0 Å². The van der Waals surface area contributed by atoms with E-state index in [9.17, 15) is 0 Å². The van der Waals surface area contributed by atoms with Gasteiger partial charge in [-0.15, -0.1) is 0 Å². The molecule has 0 bridgehead atoms. The van der Waals surface area contributed by atoms with Crippen LogP contribution in [0.4, 0.5) is 5.69 Å². The Kier molecular flexibility index (Phi) is 5.90. The second-order valence-electron chi connectivity index (χ2n) is 6.43. The van der Waals surface area contributed by atoms with Crippen molar-refractivity contribution < 1.29 is 0 Å². The Balaban J connectivity index is 1.71. The van der Waals surface area contributed by atoms with Crippen molar-refractivity contribution in [2.75, 3.05) is 25.4 Å². The zero-order valence-electron chi connectivity index (χ0n) is 13.1. The van der Waals surface area contributed by atoms with Crippen LogP contribution in [0.5, 0.6) is 0 Å². The number of hydrogen-bond donors (Lipinski definition) is 1. The lowest BCUT2D eigenvalue weighted by atomic mass is 9.91. The maximum atomic E-state index is 5.75. The quantitative estimate of drug-likeness (QED) is 0.785. The summed E-state index contributed by atoms with van der Waals surface area (Å²) in [5.74, 6) is 1.62. The van der Waals surface area contributed by atoms with Crippen molar-refractivity contribution >= 4 is 5.69 Å². The van der Waals surface area contributed by atoms with E-state index in [1.807, 2.05) is 12.1 Å². The third-order valence-electron chi connectivity index (χ3n) is 4.79. The molecule has 1 aromatic rings. The maximum Gasteiger partial charge on any atom is 0.0314 e. The number of nitrogens with two attached hydrogens (primary N) is 1. The number of nitrogen functional groups attached to an aromatic ring is 1. The van der Waals surface area contributed by atoms with Crippen molar-refractivity contribution in [1.82, 2.24) is 4.90 Å². The average molecular weight is 274 g/mol. The monoisotopic (exact) mass is 274 g/mol. The first kappa shape index (κ1) is 15.4. The van der Waals surface area contributed by atoms with Crippen LogP contribution in [-0.4, -0.2) is 24.5 Å². The van der Waals surface area contributed by atoms with E-state index in [1.165, 1.54) is 57.3 Å². The van der Waals surface area contributed by atoms with Gasteiger partial charge in [0.1, 0.15) is 0 Å². The minimum atomic E-state index is 0.629. The van der Waals surface area contributed by atoms with Gasteiger partial charge in [0.25, 0.3) is 0 Å². The van der Waals surface area contributed by atoms with Gasteiger partial charge in [0.15, 0.2) is 0 Å². The molecule has 20 heavy (non-hydrogen) atoms. The summed E-state index contributed by atoms with van der Waals surface area (Å²) < 4.78 is 0. The van der Waals surface area contributed by atoms with Crippen LogP contribution in [0.1, 0.15) is 57.4 Å². The summed E-state index contributed by atoms with van der Waals surface area (Å²) in [5.41, 5.74) is 8.02. The fourth-order valence-electron chi connectivity index (χ4n) is 3.27. The Morgan fingerprint density at radius 2 is 1.85 bits per heavy atom. The summed E-state index contributed by atoms with van der Waals surface area (Å²) in [6.45, 7) is 8.48. The molecule has 1 aromatic carbocycles. The predicted molar refractivity (Wildman–Crippen MR) is 88.0 cm³/mol. The largest absolute Gasteiger partial charge is 0.399 e. The van der Waals surface area contributed by atoms with Crippen molar-refractivity contribution in [3.05, 3.63) is 29.8 Å². The van der Waals surface area contributed by atoms with Gasteiger partial charge in [0, 0.05) is 5.69 Å². The van der Waals surface area contributed by atoms with Gasteiger partial charge < -0.3 is 10.6 Å². The molecule has 1 unspecified atom stereocenters. The number of likely N-dealkylation sites (tertiary alicyclic amines) is 1. The van der Waals surface area contributed by atoms with Gasteiger partial charge in [-0.2, -0.15) is 0 Å². The van der Waals surface area contributed by atoms with E-state index in [2.05, 4.69) is 30.9 Å². The van der Waals surface area contributed by atoms with E-state index in [-0.39, 0.29) is 0 Å². The van der Waals surface area contributed by atoms with Crippen LogP contribution < -0.4 is 5.73 Å². The Hall–Kier alpha value is -1.02. The first-order valence-corrected chi connectivity index (χ1v) is 8.26. The molecular formula is C18H30N2. The van der Waals surface area contributed by atoms with Gasteiger partial charge in [0.05, 0.1) is 0 Å². The van der Waals surface area contributed by atoms with E-state index in [1.54, 1.807) is 0 Å². The minimum absolute atomic E-state index is 0.629. The van der Waals surface area contributed by atoms with Crippen LogP contribution in [0.3, 0.4) is 0 Å². The topological polar surface area (TPSA) is 29.3 Å². The number of nitrogens with zero attached hydrogens (tertiary/aromatic N) is 1. The van der Waals surface area contributed by atoms with E-state index < -0.39 is 0 Å². The summed E-state index contributed by atoms with van der Waals surface area (Å²) >= 11 is 0. The highest BCUT2D eigenvalue weighted by Gasteiger charge is 2.18. The van der Waals surface area contributed by atoms with E-state index in [0.717, 1.165) is 11.6 Å². The van der Waals surface area contributed by atoms with Crippen LogP contribution in [0, 0.1) is 5.92 Å². The van der Waals surface area contributed by atoms with Gasteiger partial charge in [-0.3, -0.25) is 0 Å². The zero-order chi connectivity index (χ0) is 14.4. The van der Waals surface area contributed by atoms with Gasteiger partial charge in [-0.1, -0.05) is 38.8 Å². The number of piperidine rings is 1. The summed E-state index contributed by atoms with van der Waals surface area (Å²) in [6, 6.07) is 8.38. The zero-order valence-corrected chi connectivity index (χ0v) is 13.1. The van der Waals surface area contributed by atoms with Crippen molar-refractivity contribution in [2.45, 2.75) is 51.9 Å². The van der Waals surface area contributed by atoms with Crippen LogP contribution >= 0.6 is 0 Å². The summed E-state index contributed by atoms with van der Waals surface area (Å²) in [6.07, 6.45) is 6.84. The second kappa shape index (κ2) is 7.68. The molecule has 112 valence electrons. The fraction of sp³-hybridized carbons (Fsp3) is 0.667. The van der Waals surface area contributed by atoms with Crippen molar-refractivity contribution in [3.63, 3.8) is 0 Å². The Morgan fingerprint density at radius 1 is 1.20 bits per heavy atom. The molecule has 1 heterocycles. The molecule has 1 fully saturated rings. The van der Waals surface area contributed by atoms with Gasteiger partial charge in [0.2, 0.25) is 0 Å². The molecule has 0 aromatic heterocycles. The first-order valence-electron chi connectivity index (χ1n) is 8.26. The van der Waals surface area contributed by atoms with Crippen LogP contribution in [0.25, 0.3) is 0 Å². The third-order valence-corrected chi connectivity index (χ3v) is 4.79. The van der Waals surface area contributed by atoms with E-state index in [0.29, 0.717) is 5.92 Å². The smallest absolute Gasteiger partial charge is 0.0314 e. The molecule has 1 atom stereocenters. The van der Waals surface area contributed by atoms with Gasteiger partial charge in [-0.05, 0) is 68.4 Å². The van der Waals surface area contributed by atoms with Crippen molar-refractivity contribution in [2.24, 2.45) is 5.92 Å². The van der Waals surface area contributed by atoms with E-state index >= 15 is 0 Å². The van der Waals surface area contributed by atoms with Crippen molar-refractivity contribution in [3.8, 4) is 0 Å². The first-order chi connectivity index (χ1) is 9.69. The third kappa shape index (κ3) is 4.52. The highest BCUT2D eigenvalue weighted by molar-refractivity contribution is 5.40. The van der Waals surface area contributed by atoms with Gasteiger partial charge >= 0.3 is 0 Å². The highest BCUT2D eigenvalue weighted by atomic mass is 15.1. The van der Waals surface area contributed by atoms with Crippen molar-refractivity contribution in [1.29, 1.82) is 0 Å². The number of hydrogen-bond acceptors (Lipinski definition) is 2. The molecule has 2 N–H and O–H groups in total. The van der Waals surface area contributed by atoms with Crippen LogP contribution in [0.2, 0.25) is 0 Å². The molecule has 2 heteroatoms. The minimum Gasteiger partial charge on any atom is -0.399 e. The number of rotatable bonds is 6. The molecule has 0 spiro atoms. The summed E-state index contributed by atoms with van der Waals surface area (Å²) in [7, 11) is 0. The molecule has 0 amide bonds. The maximum absolute atomic E-state index is 5.75. The van der Waals surface area contributed by atoms with Gasteiger partial charge in [-0.25, -0.2) is 0 Å². The molecule has 2 rings (SSSR count). The second-order valence-corrected chi connectivity index (χ2v) is 6.43. The predicted octanol–water partition coefficient (Wildman–Crippen LogP) is 4.27. The molecule has 1 aliphatic heterocycles. The summed E-state index contributed by atoms with van der Waals surface area (Å²) in [5, 5.41) is 0. The lowest BCUT2D eigenvalue weighted by molar-refractivity contribution is 0.174. The Morgan fingerprint density at radius 3 is 2.45 bits per heavy atom. The Labute approximate surface area is 124 Å². The van der Waals surface area contributed by atoms with E-state index in [4.69, 9.17) is 5.73 Å². The molecule has 0 aliphatic carbocycles. The molecule has 0 saturated carbocycles. The normalized spacial score (nSPS) is 19.1. The molecule has 1 saturated heterocycles. The standard InChI is InChI=1S/C18H30N2/c1-3-4-16-10-13-20(14-11-16)12-9-15(2)17-5-7-18(19)8-6-17/h5-8,15-16H,3-4,9-14,19H2,1-2H3. The lowest BCUT2D eigenvalue weighted by Gasteiger charge is -2.32. The highest BCUT2D eigenvalue weighted by Crippen LogP contribution is 2.24. The average Bonchev–Trinajstić information content (AvgIpc) is 2.47. The fourth-order valence-corrected chi connectivity index (χ4v) is 3.27. The SMILES string of the molecule is CCCC1CCN(CCC(C)c2ccc(N)cc2)CC1. The lowest BCUT2D eigenvalue weighted by Crippen LogP contribution is -2.34. The number of benzene rings is 1. The molecule has 0 radical (unpaired) electrons.